The maximum absolute atomic E-state index is 11.6. The highest BCUT2D eigenvalue weighted by molar-refractivity contribution is 7.85. The van der Waals surface area contributed by atoms with Crippen LogP contribution in [0.2, 0.25) is 0 Å². The molecule has 0 amide bonds. The van der Waals surface area contributed by atoms with Gasteiger partial charge in [-0.3, -0.25) is 9.35 Å². The van der Waals surface area contributed by atoms with Crippen molar-refractivity contribution in [2.45, 2.75) is 50.7 Å². The van der Waals surface area contributed by atoms with Gasteiger partial charge in [-0.25, -0.2) is 4.98 Å². The lowest BCUT2D eigenvalue weighted by atomic mass is 10.1. The predicted octanol–water partition coefficient (Wildman–Crippen LogP) is 3.06. The van der Waals surface area contributed by atoms with E-state index in [1.807, 2.05) is 27.7 Å². The minimum Gasteiger partial charge on any atom is -0.481 e. The number of hydrogen-bond donors (Lipinski definition) is 2. The lowest BCUT2D eigenvalue weighted by Crippen LogP contribution is -2.26. The maximum Gasteiger partial charge on any atom is 0.308 e. The highest BCUT2D eigenvalue weighted by Crippen LogP contribution is 2.18. The van der Waals surface area contributed by atoms with Crippen molar-refractivity contribution in [3.8, 4) is 5.88 Å². The van der Waals surface area contributed by atoms with E-state index in [9.17, 15) is 13.2 Å². The molecule has 1 aromatic carbocycles. The molecule has 0 fully saturated rings. The van der Waals surface area contributed by atoms with Crippen molar-refractivity contribution in [2.75, 3.05) is 7.11 Å². The quantitative estimate of drug-likeness (QED) is 0.553. The molecule has 0 unspecified atom stereocenters. The number of rotatable bonds is 5. The Hall–Kier alpha value is -2.49. The second-order valence-electron chi connectivity index (χ2n) is 7.32. The predicted molar refractivity (Wildman–Crippen MR) is 109 cm³/mol. The van der Waals surface area contributed by atoms with Crippen molar-refractivity contribution in [3.05, 3.63) is 53.7 Å². The first kappa shape index (κ1) is 24.5. The van der Waals surface area contributed by atoms with Gasteiger partial charge >= 0.3 is 5.97 Å². The van der Waals surface area contributed by atoms with Crippen LogP contribution in [0.3, 0.4) is 0 Å². The van der Waals surface area contributed by atoms with Crippen LogP contribution in [-0.4, -0.2) is 36.6 Å². The Balaban J connectivity index is 0.000000326. The van der Waals surface area contributed by atoms with Crippen LogP contribution in [-0.2, 0) is 19.6 Å². The molecule has 3 N–H and O–H groups in total. The molecular weight excluding hydrogens is 396 g/mol. The van der Waals surface area contributed by atoms with E-state index in [0.717, 1.165) is 11.1 Å². The molecule has 29 heavy (non-hydrogen) atoms. The first-order valence-electron chi connectivity index (χ1n) is 8.83. The smallest absolute Gasteiger partial charge is 0.308 e. The highest BCUT2D eigenvalue weighted by Gasteiger charge is 2.19. The number of nitrogens with zero attached hydrogens (tertiary/aromatic N) is 1. The van der Waals surface area contributed by atoms with E-state index >= 15 is 0 Å². The Morgan fingerprint density at radius 1 is 1.17 bits per heavy atom. The van der Waals surface area contributed by atoms with Gasteiger partial charge < -0.3 is 15.2 Å². The zero-order valence-corrected chi connectivity index (χ0v) is 18.1. The minimum absolute atomic E-state index is 0.0666. The fraction of sp³-hybridized carbons (Fsp3) is 0.400. The number of carbonyl (C=O) groups excluding carboxylic acids is 1. The molecule has 9 heteroatoms. The molecule has 2 aromatic rings. The highest BCUT2D eigenvalue weighted by atomic mass is 32.2. The zero-order chi connectivity index (χ0) is 22.2. The van der Waals surface area contributed by atoms with Crippen LogP contribution >= 0.6 is 0 Å². The Labute approximate surface area is 171 Å². The summed E-state index contributed by atoms with van der Waals surface area (Å²) in [5.41, 5.74) is 7.17. The molecule has 0 bridgehead atoms. The standard InChI is InChI=1S/C13H20N2O3.C7H8O3S/c1-13(2,3)18-12(16)7-10(14)9-5-6-11(17-4)15-8-9;1-6-2-4-7(5-3-6)11(8,9)10/h5-6,8,10H,7,14H2,1-4H3;2-5H,1H3,(H,8,9,10)/t10-;/m0./s1. The maximum atomic E-state index is 11.6. The van der Waals surface area contributed by atoms with Gasteiger partial charge in [0.05, 0.1) is 18.4 Å². The van der Waals surface area contributed by atoms with Crippen molar-refractivity contribution >= 4 is 16.1 Å². The molecule has 0 saturated heterocycles. The van der Waals surface area contributed by atoms with Crippen molar-refractivity contribution in [3.63, 3.8) is 0 Å². The summed E-state index contributed by atoms with van der Waals surface area (Å²) < 4.78 is 39.7. The molecule has 0 spiro atoms. The number of benzene rings is 1. The lowest BCUT2D eigenvalue weighted by molar-refractivity contribution is -0.155. The van der Waals surface area contributed by atoms with Crippen LogP contribution in [0, 0.1) is 6.92 Å². The molecule has 1 heterocycles. The van der Waals surface area contributed by atoms with Crippen LogP contribution in [0.4, 0.5) is 0 Å². The Bertz CT molecular complexity index is 888. The number of aryl methyl sites for hydroxylation is 1. The zero-order valence-electron chi connectivity index (χ0n) is 17.2. The number of esters is 1. The molecule has 0 aliphatic carbocycles. The number of ether oxygens (including phenoxy) is 2. The van der Waals surface area contributed by atoms with E-state index in [-0.39, 0.29) is 17.3 Å². The average molecular weight is 425 g/mol. The summed E-state index contributed by atoms with van der Waals surface area (Å²) in [6, 6.07) is 9.07. The molecule has 160 valence electrons. The molecule has 1 aromatic heterocycles. The van der Waals surface area contributed by atoms with Crippen LogP contribution in [0.5, 0.6) is 5.88 Å². The fourth-order valence-electron chi connectivity index (χ4n) is 2.12. The third-order valence-corrected chi connectivity index (χ3v) is 4.39. The van der Waals surface area contributed by atoms with Gasteiger partial charge in [0.15, 0.2) is 0 Å². The normalized spacial score (nSPS) is 12.4. The SMILES string of the molecule is COc1ccc([C@@H](N)CC(=O)OC(C)(C)C)cn1.Cc1ccc(S(=O)(=O)O)cc1. The van der Waals surface area contributed by atoms with Crippen molar-refractivity contribution in [1.82, 2.24) is 4.98 Å². The van der Waals surface area contributed by atoms with Crippen molar-refractivity contribution < 1.29 is 27.2 Å². The summed E-state index contributed by atoms with van der Waals surface area (Å²) in [7, 11) is -2.48. The second-order valence-corrected chi connectivity index (χ2v) is 8.74. The van der Waals surface area contributed by atoms with Crippen molar-refractivity contribution in [2.24, 2.45) is 5.73 Å². The van der Waals surface area contributed by atoms with Gasteiger partial charge in [-0.2, -0.15) is 8.42 Å². The van der Waals surface area contributed by atoms with E-state index < -0.39 is 21.8 Å². The van der Waals surface area contributed by atoms with Gasteiger partial charge in [-0.05, 0) is 45.4 Å². The van der Waals surface area contributed by atoms with E-state index in [0.29, 0.717) is 5.88 Å². The van der Waals surface area contributed by atoms with Crippen LogP contribution in [0.1, 0.15) is 44.4 Å². The fourth-order valence-corrected chi connectivity index (χ4v) is 2.60. The third-order valence-electron chi connectivity index (χ3n) is 3.52. The monoisotopic (exact) mass is 424 g/mol. The Morgan fingerprint density at radius 2 is 1.76 bits per heavy atom. The Kier molecular flexibility index (Phi) is 8.75. The first-order chi connectivity index (χ1) is 13.3. The van der Waals surface area contributed by atoms with Crippen LogP contribution in [0.15, 0.2) is 47.5 Å². The summed E-state index contributed by atoms with van der Waals surface area (Å²) in [6.45, 7) is 7.32. The van der Waals surface area contributed by atoms with Gasteiger partial charge in [0.25, 0.3) is 10.1 Å². The number of pyridine rings is 1. The van der Waals surface area contributed by atoms with Crippen LogP contribution in [0.25, 0.3) is 0 Å². The molecule has 2 rings (SSSR count). The largest absolute Gasteiger partial charge is 0.481 e. The van der Waals surface area contributed by atoms with E-state index in [4.69, 9.17) is 19.8 Å². The number of nitrogens with two attached hydrogens (primary N) is 1. The number of methoxy groups -OCH3 is 1. The lowest BCUT2D eigenvalue weighted by Gasteiger charge is -2.21. The van der Waals surface area contributed by atoms with E-state index in [1.165, 1.54) is 12.1 Å². The van der Waals surface area contributed by atoms with Gasteiger partial charge in [-0.15, -0.1) is 0 Å². The van der Waals surface area contributed by atoms with Gasteiger partial charge in [0.2, 0.25) is 5.88 Å². The van der Waals surface area contributed by atoms with Crippen molar-refractivity contribution in [1.29, 1.82) is 0 Å². The summed E-state index contributed by atoms with van der Waals surface area (Å²) in [4.78, 5) is 15.6. The number of aromatic nitrogens is 1. The van der Waals surface area contributed by atoms with E-state index in [1.54, 1.807) is 37.6 Å². The molecular formula is C20H28N2O6S. The molecule has 0 aliphatic heterocycles. The summed E-state index contributed by atoms with van der Waals surface area (Å²) >= 11 is 0. The average Bonchev–Trinajstić information content (AvgIpc) is 2.60. The van der Waals surface area contributed by atoms with Crippen LogP contribution < -0.4 is 10.5 Å². The molecule has 0 aliphatic rings. The topological polar surface area (TPSA) is 129 Å². The second kappa shape index (κ2) is 10.3. The van der Waals surface area contributed by atoms with Gasteiger partial charge in [-0.1, -0.05) is 23.8 Å². The summed E-state index contributed by atoms with van der Waals surface area (Å²) in [5.74, 6) is 0.203. The summed E-state index contributed by atoms with van der Waals surface area (Å²) in [6.07, 6.45) is 1.74. The molecule has 0 radical (unpaired) electrons. The summed E-state index contributed by atoms with van der Waals surface area (Å²) in [5, 5.41) is 0. The molecule has 8 nitrogen and oxygen atoms in total. The number of hydrogen-bond acceptors (Lipinski definition) is 7. The Morgan fingerprint density at radius 3 is 2.17 bits per heavy atom. The molecule has 1 atom stereocenters. The van der Waals surface area contributed by atoms with Gasteiger partial charge in [0.1, 0.15) is 5.60 Å². The minimum atomic E-state index is -4.02. The molecule has 0 saturated carbocycles. The first-order valence-corrected chi connectivity index (χ1v) is 10.3. The van der Waals surface area contributed by atoms with E-state index in [2.05, 4.69) is 4.98 Å². The third kappa shape index (κ3) is 9.51. The number of carbonyl (C=O) groups is 1. The van der Waals surface area contributed by atoms with Gasteiger partial charge in [0, 0.05) is 18.3 Å².